The van der Waals surface area contributed by atoms with Crippen molar-refractivity contribution in [1.29, 1.82) is 0 Å². The van der Waals surface area contributed by atoms with Crippen LogP contribution in [0.2, 0.25) is 0 Å². The molecule has 0 aliphatic carbocycles. The molecule has 0 bridgehead atoms. The molecule has 0 amide bonds. The lowest BCUT2D eigenvalue weighted by atomic mass is 10.0. The molecule has 88 valence electrons. The van der Waals surface area contributed by atoms with Crippen LogP contribution in [0.25, 0.3) is 0 Å². The van der Waals surface area contributed by atoms with Crippen LogP contribution in [0.4, 0.5) is 4.39 Å². The van der Waals surface area contributed by atoms with E-state index in [0.717, 1.165) is 0 Å². The summed E-state index contributed by atoms with van der Waals surface area (Å²) in [5.74, 6) is -0.335. The molecule has 0 aliphatic heterocycles. The van der Waals surface area contributed by atoms with Gasteiger partial charge in [0.15, 0.2) is 17.3 Å². The molecule has 16 heavy (non-hydrogen) atoms. The van der Waals surface area contributed by atoms with Crippen LogP contribution in [-0.2, 0) is 11.2 Å². The Labute approximate surface area is 94.6 Å². The molecule has 1 aromatic carbocycles. The van der Waals surface area contributed by atoms with Gasteiger partial charge in [-0.2, -0.15) is 0 Å². The Bertz CT molecular complexity index is 379. The van der Waals surface area contributed by atoms with Crippen LogP contribution in [0.3, 0.4) is 0 Å². The third-order valence-electron chi connectivity index (χ3n) is 2.54. The molecule has 4 heteroatoms. The third-order valence-corrected chi connectivity index (χ3v) is 2.54. The Kier molecular flexibility index (Phi) is 4.43. The molecule has 0 saturated heterocycles. The van der Waals surface area contributed by atoms with Gasteiger partial charge in [0.05, 0.1) is 13.2 Å². The molecular weight excluding hydrogens is 209 g/mol. The minimum atomic E-state index is -0.457. The van der Waals surface area contributed by atoms with Crippen molar-refractivity contribution in [3.05, 3.63) is 29.6 Å². The zero-order chi connectivity index (χ0) is 12.1. The summed E-state index contributed by atoms with van der Waals surface area (Å²) in [7, 11) is 3.10. The third kappa shape index (κ3) is 2.79. The molecule has 0 heterocycles. The number of benzene rings is 1. The lowest BCUT2D eigenvalue weighted by Gasteiger charge is -2.10. The Morgan fingerprint density at radius 1 is 1.56 bits per heavy atom. The molecule has 0 fully saturated rings. The van der Waals surface area contributed by atoms with Crippen molar-refractivity contribution >= 4 is 5.78 Å². The first-order chi connectivity index (χ1) is 7.60. The molecule has 1 rings (SSSR count). The number of ether oxygens (including phenoxy) is 1. The topological polar surface area (TPSA) is 38.3 Å². The molecule has 3 nitrogen and oxygen atoms in total. The van der Waals surface area contributed by atoms with Gasteiger partial charge in [-0.3, -0.25) is 4.79 Å². The van der Waals surface area contributed by atoms with E-state index in [1.165, 1.54) is 13.2 Å². The number of halogens is 1. The van der Waals surface area contributed by atoms with Crippen molar-refractivity contribution in [2.45, 2.75) is 19.4 Å². The average molecular weight is 225 g/mol. The Balaban J connectivity index is 2.85. The van der Waals surface area contributed by atoms with Crippen LogP contribution < -0.4 is 10.1 Å². The Morgan fingerprint density at radius 3 is 2.81 bits per heavy atom. The number of hydrogen-bond acceptors (Lipinski definition) is 3. The van der Waals surface area contributed by atoms with Gasteiger partial charge in [0.25, 0.3) is 0 Å². The number of carbonyl (C=O) groups excluding carboxylic acids is 1. The van der Waals surface area contributed by atoms with Gasteiger partial charge in [0, 0.05) is 6.42 Å². The van der Waals surface area contributed by atoms with Gasteiger partial charge in [-0.05, 0) is 25.6 Å². The summed E-state index contributed by atoms with van der Waals surface area (Å²) in [6, 6.07) is 4.53. The van der Waals surface area contributed by atoms with E-state index >= 15 is 0 Å². The van der Waals surface area contributed by atoms with Crippen molar-refractivity contribution in [2.75, 3.05) is 14.2 Å². The zero-order valence-corrected chi connectivity index (χ0v) is 9.71. The van der Waals surface area contributed by atoms with Crippen molar-refractivity contribution in [2.24, 2.45) is 0 Å². The van der Waals surface area contributed by atoms with Crippen LogP contribution in [0, 0.1) is 5.82 Å². The van der Waals surface area contributed by atoms with Crippen molar-refractivity contribution in [1.82, 2.24) is 5.32 Å². The molecule has 0 aromatic heterocycles. The van der Waals surface area contributed by atoms with Gasteiger partial charge >= 0.3 is 0 Å². The second kappa shape index (κ2) is 5.61. The Morgan fingerprint density at radius 2 is 2.25 bits per heavy atom. The van der Waals surface area contributed by atoms with E-state index in [1.54, 1.807) is 26.1 Å². The van der Waals surface area contributed by atoms with Gasteiger partial charge < -0.3 is 10.1 Å². The number of rotatable bonds is 5. The summed E-state index contributed by atoms with van der Waals surface area (Å²) in [6.07, 6.45) is 0.0744. The van der Waals surface area contributed by atoms with E-state index < -0.39 is 5.82 Å². The molecule has 0 spiro atoms. The number of hydrogen-bond donors (Lipinski definition) is 1. The zero-order valence-electron chi connectivity index (χ0n) is 9.71. The first-order valence-corrected chi connectivity index (χ1v) is 5.11. The summed E-state index contributed by atoms with van der Waals surface area (Å²) in [5.41, 5.74) is 0.367. The lowest BCUT2D eigenvalue weighted by Crippen LogP contribution is -2.32. The van der Waals surface area contributed by atoms with Crippen molar-refractivity contribution in [3.8, 4) is 5.75 Å². The highest BCUT2D eigenvalue weighted by atomic mass is 19.1. The van der Waals surface area contributed by atoms with Gasteiger partial charge in [0.1, 0.15) is 0 Å². The normalized spacial score (nSPS) is 12.2. The van der Waals surface area contributed by atoms with Gasteiger partial charge in [-0.25, -0.2) is 4.39 Å². The van der Waals surface area contributed by atoms with Gasteiger partial charge in [-0.15, -0.1) is 0 Å². The number of carbonyl (C=O) groups is 1. The maximum Gasteiger partial charge on any atom is 0.168 e. The van der Waals surface area contributed by atoms with Crippen molar-refractivity contribution in [3.63, 3.8) is 0 Å². The number of methoxy groups -OCH3 is 1. The Hall–Kier alpha value is -1.42. The first-order valence-electron chi connectivity index (χ1n) is 5.11. The largest absolute Gasteiger partial charge is 0.494 e. The van der Waals surface area contributed by atoms with Crippen LogP contribution in [0.5, 0.6) is 5.75 Å². The predicted octanol–water partition coefficient (Wildman–Crippen LogP) is 1.55. The van der Waals surface area contributed by atoms with Gasteiger partial charge in [0.2, 0.25) is 0 Å². The second-order valence-corrected chi connectivity index (χ2v) is 3.59. The van der Waals surface area contributed by atoms with E-state index in [9.17, 15) is 9.18 Å². The minimum absolute atomic E-state index is 0.0466. The predicted molar refractivity (Wildman–Crippen MR) is 60.2 cm³/mol. The maximum atomic E-state index is 13.7. The second-order valence-electron chi connectivity index (χ2n) is 3.59. The fourth-order valence-corrected chi connectivity index (χ4v) is 1.35. The van der Waals surface area contributed by atoms with Crippen LogP contribution in [-0.4, -0.2) is 26.0 Å². The maximum absolute atomic E-state index is 13.7. The number of ketones is 1. The van der Waals surface area contributed by atoms with Gasteiger partial charge in [-0.1, -0.05) is 12.1 Å². The number of nitrogens with one attached hydrogen (secondary N) is 1. The van der Waals surface area contributed by atoms with Crippen molar-refractivity contribution < 1.29 is 13.9 Å². The summed E-state index contributed by atoms with van der Waals surface area (Å²) in [6.45, 7) is 1.75. The average Bonchev–Trinajstić information content (AvgIpc) is 2.30. The van der Waals surface area contributed by atoms with E-state index in [-0.39, 0.29) is 24.0 Å². The molecule has 0 saturated carbocycles. The van der Waals surface area contributed by atoms with E-state index in [4.69, 9.17) is 4.74 Å². The first kappa shape index (κ1) is 12.6. The van der Waals surface area contributed by atoms with Crippen LogP contribution in [0.15, 0.2) is 18.2 Å². The summed E-state index contributed by atoms with van der Waals surface area (Å²) < 4.78 is 18.6. The van der Waals surface area contributed by atoms with E-state index in [2.05, 4.69) is 5.32 Å². The molecule has 1 N–H and O–H groups in total. The quantitative estimate of drug-likeness (QED) is 0.826. The SMILES string of the molecule is CNC(C)C(=O)Cc1cccc(OC)c1F. The summed E-state index contributed by atoms with van der Waals surface area (Å²) in [5, 5.41) is 2.83. The van der Waals surface area contributed by atoms with E-state index in [0.29, 0.717) is 5.56 Å². The molecule has 1 unspecified atom stereocenters. The highest BCUT2D eigenvalue weighted by molar-refractivity contribution is 5.85. The highest BCUT2D eigenvalue weighted by Crippen LogP contribution is 2.20. The highest BCUT2D eigenvalue weighted by Gasteiger charge is 2.15. The number of Topliss-reactive ketones (excluding diaryl/α,β-unsaturated/α-hetero) is 1. The molecule has 1 aromatic rings. The van der Waals surface area contributed by atoms with Crippen LogP contribution >= 0.6 is 0 Å². The molecule has 1 atom stereocenters. The molecular formula is C12H16FNO2. The monoisotopic (exact) mass is 225 g/mol. The molecule has 0 aliphatic rings. The minimum Gasteiger partial charge on any atom is -0.494 e. The fourth-order valence-electron chi connectivity index (χ4n) is 1.35. The fraction of sp³-hybridized carbons (Fsp3) is 0.417. The lowest BCUT2D eigenvalue weighted by molar-refractivity contribution is -0.119. The summed E-state index contributed by atoms with van der Waals surface area (Å²) in [4.78, 5) is 11.6. The molecule has 0 radical (unpaired) electrons. The summed E-state index contributed by atoms with van der Waals surface area (Å²) >= 11 is 0. The smallest absolute Gasteiger partial charge is 0.168 e. The number of likely N-dealkylation sites (N-methyl/N-ethyl adjacent to an activating group) is 1. The van der Waals surface area contributed by atoms with E-state index in [1.807, 2.05) is 0 Å². The van der Waals surface area contributed by atoms with Crippen LogP contribution in [0.1, 0.15) is 12.5 Å². The standard InChI is InChI=1S/C12H16FNO2/c1-8(14-2)10(15)7-9-5-4-6-11(16-3)12(9)13/h4-6,8,14H,7H2,1-3H3.